The molecule has 2 heteroatoms. The SMILES string of the molecule is CO/C=C1\CCCCC1CCCC=O. The molecular formula is C12H20O2. The molecule has 0 saturated heterocycles. The average molecular weight is 196 g/mol. The van der Waals surface area contributed by atoms with Gasteiger partial charge >= 0.3 is 0 Å². The zero-order valence-corrected chi connectivity index (χ0v) is 9.00. The predicted octanol–water partition coefficient (Wildman–Crippen LogP) is 3.08. The number of aldehydes is 1. The molecule has 2 nitrogen and oxygen atoms in total. The molecule has 0 radical (unpaired) electrons. The van der Waals surface area contributed by atoms with Crippen LogP contribution in [0.25, 0.3) is 0 Å². The van der Waals surface area contributed by atoms with Gasteiger partial charge in [-0.25, -0.2) is 0 Å². The summed E-state index contributed by atoms with van der Waals surface area (Å²) in [6, 6.07) is 0. The summed E-state index contributed by atoms with van der Waals surface area (Å²) in [5, 5.41) is 0. The highest BCUT2D eigenvalue weighted by molar-refractivity contribution is 5.48. The third-order valence-electron chi connectivity index (χ3n) is 2.94. The smallest absolute Gasteiger partial charge is 0.119 e. The number of carbonyl (C=O) groups is 1. The van der Waals surface area contributed by atoms with Crippen LogP contribution >= 0.6 is 0 Å². The highest BCUT2D eigenvalue weighted by Gasteiger charge is 2.18. The Morgan fingerprint density at radius 3 is 3.07 bits per heavy atom. The van der Waals surface area contributed by atoms with Gasteiger partial charge in [0.25, 0.3) is 0 Å². The number of methoxy groups -OCH3 is 1. The third-order valence-corrected chi connectivity index (χ3v) is 2.94. The number of ether oxygens (including phenoxy) is 1. The Kier molecular flexibility index (Phi) is 5.35. The van der Waals surface area contributed by atoms with Crippen LogP contribution in [0, 0.1) is 5.92 Å². The number of hydrogen-bond donors (Lipinski definition) is 0. The summed E-state index contributed by atoms with van der Waals surface area (Å²) in [5.74, 6) is 0.670. The second-order valence-electron chi connectivity index (χ2n) is 3.97. The second-order valence-corrected chi connectivity index (χ2v) is 3.97. The first-order valence-corrected chi connectivity index (χ1v) is 5.54. The normalized spacial score (nSPS) is 24.9. The highest BCUT2D eigenvalue weighted by Crippen LogP contribution is 2.32. The molecule has 0 aromatic carbocycles. The van der Waals surface area contributed by atoms with Crippen LogP contribution in [0.5, 0.6) is 0 Å². The molecule has 80 valence electrons. The molecule has 1 aliphatic rings. The monoisotopic (exact) mass is 196 g/mol. The molecule has 1 aliphatic carbocycles. The quantitative estimate of drug-likeness (QED) is 0.384. The Balaban J connectivity index is 2.37. The fourth-order valence-electron chi connectivity index (χ4n) is 2.19. The van der Waals surface area contributed by atoms with E-state index in [9.17, 15) is 4.79 Å². The van der Waals surface area contributed by atoms with Crippen molar-refractivity contribution in [2.24, 2.45) is 5.92 Å². The molecule has 14 heavy (non-hydrogen) atoms. The van der Waals surface area contributed by atoms with E-state index in [1.54, 1.807) is 7.11 Å². The predicted molar refractivity (Wildman–Crippen MR) is 57.0 cm³/mol. The van der Waals surface area contributed by atoms with Crippen LogP contribution in [-0.2, 0) is 9.53 Å². The van der Waals surface area contributed by atoms with Gasteiger partial charge in [-0.05, 0) is 43.6 Å². The van der Waals surface area contributed by atoms with Crippen molar-refractivity contribution in [3.05, 3.63) is 11.8 Å². The molecule has 1 rings (SSSR count). The van der Waals surface area contributed by atoms with Gasteiger partial charge in [0.05, 0.1) is 13.4 Å². The molecule has 0 heterocycles. The molecule has 0 aliphatic heterocycles. The van der Waals surface area contributed by atoms with Crippen LogP contribution in [0.3, 0.4) is 0 Å². The van der Waals surface area contributed by atoms with Crippen LogP contribution in [0.1, 0.15) is 44.9 Å². The maximum Gasteiger partial charge on any atom is 0.119 e. The topological polar surface area (TPSA) is 26.3 Å². The molecule has 0 aromatic heterocycles. The van der Waals surface area contributed by atoms with Crippen LogP contribution in [0.4, 0.5) is 0 Å². The van der Waals surface area contributed by atoms with E-state index in [4.69, 9.17) is 4.74 Å². The summed E-state index contributed by atoms with van der Waals surface area (Å²) in [4.78, 5) is 10.2. The first-order chi connectivity index (χ1) is 6.88. The third kappa shape index (κ3) is 3.52. The van der Waals surface area contributed by atoms with E-state index in [2.05, 4.69) is 0 Å². The van der Waals surface area contributed by atoms with E-state index < -0.39 is 0 Å². The lowest BCUT2D eigenvalue weighted by molar-refractivity contribution is -0.107. The van der Waals surface area contributed by atoms with E-state index in [1.165, 1.54) is 31.3 Å². The van der Waals surface area contributed by atoms with E-state index in [-0.39, 0.29) is 0 Å². The highest BCUT2D eigenvalue weighted by atomic mass is 16.5. The molecule has 0 N–H and O–H groups in total. The minimum absolute atomic E-state index is 0.670. The van der Waals surface area contributed by atoms with Gasteiger partial charge in [-0.1, -0.05) is 6.42 Å². The van der Waals surface area contributed by atoms with Crippen LogP contribution in [-0.4, -0.2) is 13.4 Å². The molecule has 1 fully saturated rings. The summed E-state index contributed by atoms with van der Waals surface area (Å²) in [7, 11) is 1.71. The number of hydrogen-bond acceptors (Lipinski definition) is 2. The number of unbranched alkanes of at least 4 members (excludes halogenated alkanes) is 1. The Morgan fingerprint density at radius 2 is 2.36 bits per heavy atom. The van der Waals surface area contributed by atoms with Crippen molar-refractivity contribution < 1.29 is 9.53 Å². The largest absolute Gasteiger partial charge is 0.504 e. The van der Waals surface area contributed by atoms with Crippen molar-refractivity contribution in [3.8, 4) is 0 Å². The summed E-state index contributed by atoms with van der Waals surface area (Å²) < 4.78 is 5.09. The van der Waals surface area contributed by atoms with Crippen molar-refractivity contribution in [3.63, 3.8) is 0 Å². The van der Waals surface area contributed by atoms with Crippen molar-refractivity contribution in [1.29, 1.82) is 0 Å². The Hall–Kier alpha value is -0.790. The fourth-order valence-corrected chi connectivity index (χ4v) is 2.19. The summed E-state index contributed by atoms with van der Waals surface area (Å²) >= 11 is 0. The fraction of sp³-hybridized carbons (Fsp3) is 0.750. The lowest BCUT2D eigenvalue weighted by atomic mass is 9.82. The van der Waals surface area contributed by atoms with Crippen molar-refractivity contribution >= 4 is 6.29 Å². The number of rotatable bonds is 5. The van der Waals surface area contributed by atoms with Gasteiger partial charge in [-0.3, -0.25) is 0 Å². The van der Waals surface area contributed by atoms with Crippen LogP contribution in [0.15, 0.2) is 11.8 Å². The standard InChI is InChI=1S/C12H20O2/c1-14-10-12-8-3-2-6-11(12)7-4-5-9-13/h9-11H,2-8H2,1H3/b12-10+. The van der Waals surface area contributed by atoms with Crippen LogP contribution in [0.2, 0.25) is 0 Å². The van der Waals surface area contributed by atoms with E-state index >= 15 is 0 Å². The number of allylic oxidation sites excluding steroid dienone is 1. The summed E-state index contributed by atoms with van der Waals surface area (Å²) in [6.45, 7) is 0. The zero-order valence-electron chi connectivity index (χ0n) is 9.00. The lowest BCUT2D eigenvalue weighted by Gasteiger charge is -2.24. The van der Waals surface area contributed by atoms with Gasteiger partial charge in [-0.15, -0.1) is 0 Å². The number of carbonyl (C=O) groups excluding carboxylic acids is 1. The van der Waals surface area contributed by atoms with E-state index in [1.807, 2.05) is 6.26 Å². The zero-order chi connectivity index (χ0) is 10.2. The van der Waals surface area contributed by atoms with Gasteiger partial charge in [-0.2, -0.15) is 0 Å². The van der Waals surface area contributed by atoms with Gasteiger partial charge < -0.3 is 9.53 Å². The van der Waals surface area contributed by atoms with E-state index in [0.29, 0.717) is 12.3 Å². The van der Waals surface area contributed by atoms with Gasteiger partial charge in [0, 0.05) is 6.42 Å². The molecule has 0 bridgehead atoms. The second kappa shape index (κ2) is 6.63. The van der Waals surface area contributed by atoms with Crippen LogP contribution < -0.4 is 0 Å². The van der Waals surface area contributed by atoms with Gasteiger partial charge in [0.2, 0.25) is 0 Å². The Bertz CT molecular complexity index is 196. The minimum atomic E-state index is 0.670. The van der Waals surface area contributed by atoms with Crippen molar-refractivity contribution in [2.75, 3.05) is 7.11 Å². The molecule has 0 amide bonds. The lowest BCUT2D eigenvalue weighted by Crippen LogP contribution is -2.10. The molecular weight excluding hydrogens is 176 g/mol. The van der Waals surface area contributed by atoms with Gasteiger partial charge in [0.15, 0.2) is 0 Å². The molecule has 1 atom stereocenters. The molecule has 1 saturated carbocycles. The molecule has 0 spiro atoms. The summed E-state index contributed by atoms with van der Waals surface area (Å²) in [5.41, 5.74) is 1.45. The maximum atomic E-state index is 10.2. The maximum absolute atomic E-state index is 10.2. The average Bonchev–Trinajstić information content (AvgIpc) is 2.21. The summed E-state index contributed by atoms with van der Waals surface area (Å²) in [6.07, 6.45) is 10.9. The molecule has 1 unspecified atom stereocenters. The Labute approximate surface area is 86.3 Å². The molecule has 0 aromatic rings. The minimum Gasteiger partial charge on any atom is -0.504 e. The first kappa shape index (κ1) is 11.3. The first-order valence-electron chi connectivity index (χ1n) is 5.54. The Morgan fingerprint density at radius 1 is 1.50 bits per heavy atom. The van der Waals surface area contributed by atoms with Crippen molar-refractivity contribution in [1.82, 2.24) is 0 Å². The van der Waals surface area contributed by atoms with Gasteiger partial charge in [0.1, 0.15) is 6.29 Å². The van der Waals surface area contributed by atoms with E-state index in [0.717, 1.165) is 19.1 Å². The van der Waals surface area contributed by atoms with Crippen molar-refractivity contribution in [2.45, 2.75) is 44.9 Å².